The number of nitrogens with zero attached hydrogens (tertiary/aromatic N) is 3. The molecular weight excluding hydrogens is 268 g/mol. The van der Waals surface area contributed by atoms with E-state index in [0.717, 1.165) is 5.56 Å². The lowest BCUT2D eigenvalue weighted by Gasteiger charge is -2.19. The molecule has 1 saturated carbocycles. The van der Waals surface area contributed by atoms with Crippen molar-refractivity contribution in [1.29, 1.82) is 0 Å². The molecule has 0 spiro atoms. The van der Waals surface area contributed by atoms with E-state index in [1.807, 2.05) is 18.2 Å². The third-order valence-corrected chi connectivity index (χ3v) is 3.61. The van der Waals surface area contributed by atoms with E-state index in [2.05, 4.69) is 21.4 Å². The smallest absolute Gasteiger partial charge is 0.327 e. The van der Waals surface area contributed by atoms with Crippen LogP contribution in [0.2, 0.25) is 0 Å². The minimum atomic E-state index is -0.460. The molecule has 1 atom stereocenters. The number of methoxy groups -OCH3 is 1. The summed E-state index contributed by atoms with van der Waals surface area (Å²) in [5.74, 6) is 0.283. The topological polar surface area (TPSA) is 87.1 Å². The van der Waals surface area contributed by atoms with Crippen molar-refractivity contribution in [2.75, 3.05) is 20.2 Å². The Balaban J connectivity index is 2.08. The molecule has 0 aliphatic heterocycles. The summed E-state index contributed by atoms with van der Waals surface area (Å²) >= 11 is 0. The van der Waals surface area contributed by atoms with Gasteiger partial charge in [0.1, 0.15) is 6.04 Å². The Labute approximate surface area is 124 Å². The molecule has 0 aromatic heterocycles. The van der Waals surface area contributed by atoms with Crippen molar-refractivity contribution in [2.24, 2.45) is 5.11 Å². The normalized spacial score (nSPS) is 15.1. The van der Waals surface area contributed by atoms with Gasteiger partial charge in [0.25, 0.3) is 0 Å². The number of ether oxygens (including phenoxy) is 1. The van der Waals surface area contributed by atoms with Crippen molar-refractivity contribution >= 4 is 5.97 Å². The van der Waals surface area contributed by atoms with Gasteiger partial charge in [0.15, 0.2) is 0 Å². The molecule has 112 valence electrons. The lowest BCUT2D eigenvalue weighted by molar-refractivity contribution is -0.143. The number of carbonyl (C=O) groups is 1. The quantitative estimate of drug-likeness (QED) is 0.262. The molecule has 0 heterocycles. The Bertz CT molecular complexity index is 536. The fraction of sp³-hybridized carbons (Fsp3) is 0.533. The van der Waals surface area contributed by atoms with Crippen molar-refractivity contribution in [3.05, 3.63) is 45.8 Å². The maximum Gasteiger partial charge on any atom is 0.327 e. The van der Waals surface area contributed by atoms with Crippen LogP contribution in [-0.4, -0.2) is 26.2 Å². The molecule has 2 rings (SSSR count). The van der Waals surface area contributed by atoms with E-state index in [4.69, 9.17) is 10.3 Å². The number of esters is 1. The van der Waals surface area contributed by atoms with E-state index >= 15 is 0 Å². The van der Waals surface area contributed by atoms with Crippen LogP contribution in [0.25, 0.3) is 10.4 Å². The molecule has 1 N–H and O–H groups in total. The van der Waals surface area contributed by atoms with E-state index in [1.54, 1.807) is 0 Å². The van der Waals surface area contributed by atoms with Gasteiger partial charge in [-0.1, -0.05) is 29.4 Å². The van der Waals surface area contributed by atoms with Gasteiger partial charge in [-0.3, -0.25) is 0 Å². The van der Waals surface area contributed by atoms with E-state index < -0.39 is 6.04 Å². The Kier molecular flexibility index (Phi) is 5.60. The first-order valence-electron chi connectivity index (χ1n) is 7.18. The lowest BCUT2D eigenvalue weighted by atomic mass is 9.97. The van der Waals surface area contributed by atoms with Gasteiger partial charge in [0, 0.05) is 11.5 Å². The maximum atomic E-state index is 12.1. The predicted molar refractivity (Wildman–Crippen MR) is 79.8 cm³/mol. The average molecular weight is 288 g/mol. The van der Waals surface area contributed by atoms with Crippen LogP contribution < -0.4 is 5.32 Å². The highest BCUT2D eigenvalue weighted by Gasteiger charge is 2.30. The third-order valence-electron chi connectivity index (χ3n) is 3.61. The second-order valence-electron chi connectivity index (χ2n) is 5.12. The summed E-state index contributed by atoms with van der Waals surface area (Å²) in [7, 11) is 1.40. The molecule has 0 amide bonds. The van der Waals surface area contributed by atoms with Crippen molar-refractivity contribution in [2.45, 2.75) is 31.2 Å². The summed E-state index contributed by atoms with van der Waals surface area (Å²) in [6, 6.07) is 7.56. The fourth-order valence-corrected chi connectivity index (χ4v) is 2.42. The second kappa shape index (κ2) is 7.67. The highest BCUT2D eigenvalue weighted by Crippen LogP contribution is 2.43. The minimum absolute atomic E-state index is 0.285. The van der Waals surface area contributed by atoms with Crippen molar-refractivity contribution in [3.63, 3.8) is 0 Å². The molecule has 6 nitrogen and oxygen atoms in total. The fourth-order valence-electron chi connectivity index (χ4n) is 2.42. The Morgan fingerprint density at radius 1 is 1.52 bits per heavy atom. The van der Waals surface area contributed by atoms with Crippen LogP contribution >= 0.6 is 0 Å². The lowest BCUT2D eigenvalue weighted by Crippen LogP contribution is -2.31. The zero-order valence-corrected chi connectivity index (χ0v) is 12.2. The summed E-state index contributed by atoms with van der Waals surface area (Å²) < 4.78 is 4.92. The summed E-state index contributed by atoms with van der Waals surface area (Å²) in [6.07, 6.45) is 3.05. The third kappa shape index (κ3) is 4.21. The summed E-state index contributed by atoms with van der Waals surface area (Å²) in [5, 5.41) is 6.70. The molecule has 0 saturated heterocycles. The Morgan fingerprint density at radius 3 is 2.95 bits per heavy atom. The average Bonchev–Trinajstić information content (AvgIpc) is 3.35. The molecule has 0 bridgehead atoms. The molecule has 1 aromatic rings. The Hall–Kier alpha value is -2.04. The van der Waals surface area contributed by atoms with Crippen molar-refractivity contribution in [3.8, 4) is 0 Å². The first kappa shape index (κ1) is 15.4. The zero-order valence-electron chi connectivity index (χ0n) is 12.2. The first-order chi connectivity index (χ1) is 10.3. The Morgan fingerprint density at radius 2 is 2.29 bits per heavy atom. The van der Waals surface area contributed by atoms with E-state index in [1.165, 1.54) is 25.5 Å². The molecule has 1 fully saturated rings. The van der Waals surface area contributed by atoms with Crippen LogP contribution in [0.4, 0.5) is 0 Å². The summed E-state index contributed by atoms with van der Waals surface area (Å²) in [4.78, 5) is 14.8. The van der Waals surface area contributed by atoms with Gasteiger partial charge >= 0.3 is 5.97 Å². The van der Waals surface area contributed by atoms with Crippen LogP contribution in [0.5, 0.6) is 0 Å². The van der Waals surface area contributed by atoms with Gasteiger partial charge in [-0.15, -0.1) is 0 Å². The van der Waals surface area contributed by atoms with Crippen molar-refractivity contribution < 1.29 is 9.53 Å². The predicted octanol–water partition coefficient (Wildman–Crippen LogP) is 3.07. The van der Waals surface area contributed by atoms with Gasteiger partial charge in [-0.2, -0.15) is 0 Å². The van der Waals surface area contributed by atoms with Crippen LogP contribution in [0.15, 0.2) is 29.4 Å². The zero-order chi connectivity index (χ0) is 15.1. The monoisotopic (exact) mass is 288 g/mol. The number of carbonyl (C=O) groups excluding carboxylic acids is 1. The number of hydrogen-bond donors (Lipinski definition) is 1. The van der Waals surface area contributed by atoms with Crippen LogP contribution in [0.1, 0.15) is 42.3 Å². The highest BCUT2D eigenvalue weighted by atomic mass is 16.5. The van der Waals surface area contributed by atoms with Crippen LogP contribution in [0, 0.1) is 0 Å². The van der Waals surface area contributed by atoms with Gasteiger partial charge in [0.05, 0.1) is 7.11 Å². The molecule has 1 aromatic carbocycles. The van der Waals surface area contributed by atoms with Crippen LogP contribution in [-0.2, 0) is 9.53 Å². The number of benzene rings is 1. The van der Waals surface area contributed by atoms with Gasteiger partial charge < -0.3 is 10.1 Å². The summed E-state index contributed by atoms with van der Waals surface area (Å²) in [5.41, 5.74) is 10.5. The molecule has 1 unspecified atom stereocenters. The SMILES string of the molecule is COC(=O)C(NCCCN=[N+]=[N-])c1ccccc1C1CC1. The maximum absolute atomic E-state index is 12.1. The van der Waals surface area contributed by atoms with E-state index in [0.29, 0.717) is 25.4 Å². The van der Waals surface area contributed by atoms with Gasteiger partial charge in [-0.05, 0) is 48.4 Å². The molecule has 1 aliphatic rings. The van der Waals surface area contributed by atoms with Gasteiger partial charge in [0.2, 0.25) is 0 Å². The molecule has 21 heavy (non-hydrogen) atoms. The second-order valence-corrected chi connectivity index (χ2v) is 5.12. The number of rotatable bonds is 8. The van der Waals surface area contributed by atoms with Crippen LogP contribution in [0.3, 0.4) is 0 Å². The first-order valence-corrected chi connectivity index (χ1v) is 7.18. The molecule has 1 aliphatic carbocycles. The minimum Gasteiger partial charge on any atom is -0.468 e. The number of nitrogens with one attached hydrogen (secondary N) is 1. The molecule has 0 radical (unpaired) electrons. The molecular formula is C15H20N4O2. The standard InChI is InChI=1S/C15H20N4O2/c1-21-15(20)14(17-9-4-10-18-19-16)13-6-3-2-5-12(13)11-7-8-11/h2-3,5-6,11,14,17H,4,7-10H2,1H3. The van der Waals surface area contributed by atoms with Crippen molar-refractivity contribution in [1.82, 2.24) is 5.32 Å². The summed E-state index contributed by atoms with van der Waals surface area (Å²) in [6.45, 7) is 1.01. The molecule has 6 heteroatoms. The number of hydrogen-bond acceptors (Lipinski definition) is 4. The number of azide groups is 1. The highest BCUT2D eigenvalue weighted by molar-refractivity contribution is 5.78. The van der Waals surface area contributed by atoms with E-state index in [-0.39, 0.29) is 5.97 Å². The van der Waals surface area contributed by atoms with Gasteiger partial charge in [-0.25, -0.2) is 4.79 Å². The van der Waals surface area contributed by atoms with E-state index in [9.17, 15) is 4.79 Å². The largest absolute Gasteiger partial charge is 0.468 e.